The molecule has 7 heteroatoms. The second-order valence-electron chi connectivity index (χ2n) is 5.66. The van der Waals surface area contributed by atoms with Crippen LogP contribution < -0.4 is 10.2 Å². The van der Waals surface area contributed by atoms with E-state index in [1.165, 1.54) is 12.1 Å². The molecule has 0 bridgehead atoms. The molecule has 0 spiro atoms. The molecular weight excluding hydrogens is 397 g/mol. The van der Waals surface area contributed by atoms with Crippen LogP contribution in [0.3, 0.4) is 0 Å². The van der Waals surface area contributed by atoms with Gasteiger partial charge in [-0.1, -0.05) is 58.4 Å². The van der Waals surface area contributed by atoms with Gasteiger partial charge in [0.25, 0.3) is 0 Å². The molecule has 1 unspecified atom stereocenters. The van der Waals surface area contributed by atoms with Crippen molar-refractivity contribution in [3.63, 3.8) is 0 Å². The van der Waals surface area contributed by atoms with Crippen molar-refractivity contribution in [1.29, 1.82) is 0 Å². The Hall–Kier alpha value is -1.99. The number of alkyl halides is 4. The van der Waals surface area contributed by atoms with Crippen molar-refractivity contribution < 1.29 is 17.9 Å². The average Bonchev–Trinajstić information content (AvgIpc) is 2.99. The van der Waals surface area contributed by atoms with Gasteiger partial charge in [0.2, 0.25) is 0 Å². The summed E-state index contributed by atoms with van der Waals surface area (Å²) in [4.78, 5) is 0. The van der Waals surface area contributed by atoms with Gasteiger partial charge in [-0.2, -0.15) is 0 Å². The predicted octanol–water partition coefficient (Wildman–Crippen LogP) is 4.71. The minimum Gasteiger partial charge on any atom is -0.406 e. The summed E-state index contributed by atoms with van der Waals surface area (Å²) in [5.41, 5.74) is 4.69. The van der Waals surface area contributed by atoms with Gasteiger partial charge >= 0.3 is 6.36 Å². The molecule has 0 aliphatic carbocycles. The number of nitrogens with zero attached hydrogens (tertiary/aromatic N) is 1. The fraction of sp³-hybridized carbons (Fsp3) is 0.222. The Morgan fingerprint density at radius 1 is 1.04 bits per heavy atom. The molecule has 3 rings (SSSR count). The van der Waals surface area contributed by atoms with Gasteiger partial charge in [-0.15, -0.1) is 13.2 Å². The maximum absolute atomic E-state index is 12.3. The molecule has 0 radical (unpaired) electrons. The van der Waals surface area contributed by atoms with Gasteiger partial charge in [0.05, 0.1) is 5.54 Å². The molecule has 132 valence electrons. The first-order chi connectivity index (χ1) is 11.9. The molecule has 2 aromatic carbocycles. The molecule has 1 aliphatic heterocycles. The SMILES string of the molecule is FC(F)(F)Oc1ccc(C2(CBr)C=CNN2Cc2ccccc2)cc1. The highest BCUT2D eigenvalue weighted by molar-refractivity contribution is 9.09. The molecule has 1 aliphatic rings. The lowest BCUT2D eigenvalue weighted by atomic mass is 9.91. The van der Waals surface area contributed by atoms with E-state index < -0.39 is 11.9 Å². The summed E-state index contributed by atoms with van der Waals surface area (Å²) in [5.74, 6) is -0.231. The van der Waals surface area contributed by atoms with Crippen LogP contribution in [0.5, 0.6) is 5.75 Å². The molecule has 1 N–H and O–H groups in total. The minimum absolute atomic E-state index is 0.231. The molecule has 1 heterocycles. The Labute approximate surface area is 152 Å². The first-order valence-corrected chi connectivity index (χ1v) is 8.73. The molecule has 3 nitrogen and oxygen atoms in total. The number of rotatable bonds is 5. The Balaban J connectivity index is 1.85. The zero-order valence-electron chi connectivity index (χ0n) is 13.1. The summed E-state index contributed by atoms with van der Waals surface area (Å²) in [6.45, 7) is 0.639. The fourth-order valence-corrected chi connectivity index (χ4v) is 3.63. The molecule has 0 fully saturated rings. The summed E-state index contributed by atoms with van der Waals surface area (Å²) in [6, 6.07) is 15.9. The van der Waals surface area contributed by atoms with Gasteiger partial charge < -0.3 is 10.2 Å². The van der Waals surface area contributed by atoms with Crippen molar-refractivity contribution in [2.24, 2.45) is 0 Å². The number of halogens is 4. The zero-order valence-corrected chi connectivity index (χ0v) is 14.7. The van der Waals surface area contributed by atoms with Crippen LogP contribution in [0.15, 0.2) is 66.9 Å². The maximum atomic E-state index is 12.3. The van der Waals surface area contributed by atoms with Crippen LogP contribution in [0.25, 0.3) is 0 Å². The first-order valence-electron chi connectivity index (χ1n) is 7.61. The van der Waals surface area contributed by atoms with Crippen molar-refractivity contribution in [3.05, 3.63) is 78.0 Å². The van der Waals surface area contributed by atoms with Crippen LogP contribution in [-0.2, 0) is 12.1 Å². The van der Waals surface area contributed by atoms with Crippen molar-refractivity contribution in [2.75, 3.05) is 5.33 Å². The first kappa shape index (κ1) is 17.8. The molecule has 0 amide bonds. The second-order valence-corrected chi connectivity index (χ2v) is 6.22. The zero-order chi connectivity index (χ0) is 17.9. The van der Waals surface area contributed by atoms with E-state index >= 15 is 0 Å². The van der Waals surface area contributed by atoms with Crippen molar-refractivity contribution in [3.8, 4) is 5.75 Å². The van der Waals surface area contributed by atoms with E-state index in [1.54, 1.807) is 12.1 Å². The van der Waals surface area contributed by atoms with Gasteiger partial charge in [0, 0.05) is 18.1 Å². The molecule has 2 aromatic rings. The van der Waals surface area contributed by atoms with Crippen LogP contribution >= 0.6 is 15.9 Å². The van der Waals surface area contributed by atoms with E-state index in [1.807, 2.05) is 47.6 Å². The minimum atomic E-state index is -4.69. The highest BCUT2D eigenvalue weighted by Gasteiger charge is 2.39. The largest absolute Gasteiger partial charge is 0.573 e. The van der Waals surface area contributed by atoms with Crippen LogP contribution in [0.4, 0.5) is 13.2 Å². The van der Waals surface area contributed by atoms with Crippen LogP contribution in [0.2, 0.25) is 0 Å². The Morgan fingerprint density at radius 3 is 2.32 bits per heavy atom. The maximum Gasteiger partial charge on any atom is 0.573 e. The third kappa shape index (κ3) is 3.99. The van der Waals surface area contributed by atoms with Gasteiger partial charge in [-0.3, -0.25) is 0 Å². The number of ether oxygens (including phenoxy) is 1. The van der Waals surface area contributed by atoms with E-state index in [0.717, 1.165) is 11.1 Å². The number of nitrogens with one attached hydrogen (secondary N) is 1. The Morgan fingerprint density at radius 2 is 1.72 bits per heavy atom. The Bertz CT molecular complexity index is 734. The van der Waals surface area contributed by atoms with Gasteiger partial charge in [0.15, 0.2) is 0 Å². The average molecular weight is 413 g/mol. The quantitative estimate of drug-likeness (QED) is 0.719. The topological polar surface area (TPSA) is 24.5 Å². The second kappa shape index (κ2) is 7.09. The lowest BCUT2D eigenvalue weighted by molar-refractivity contribution is -0.274. The normalized spacial score (nSPS) is 20.5. The lowest BCUT2D eigenvalue weighted by Crippen LogP contribution is -2.47. The van der Waals surface area contributed by atoms with Crippen LogP contribution in [0, 0.1) is 0 Å². The molecular formula is C18H16BrF3N2O. The van der Waals surface area contributed by atoms with E-state index in [4.69, 9.17) is 0 Å². The molecule has 1 atom stereocenters. The standard InChI is InChI=1S/C18H16BrF3N2O/c19-13-17(15-6-8-16(9-7-15)25-18(20,21)22)10-11-23-24(17)12-14-4-2-1-3-5-14/h1-11,23H,12-13H2. The van der Waals surface area contributed by atoms with Crippen molar-refractivity contribution >= 4 is 15.9 Å². The Kier molecular flexibility index (Phi) is 5.06. The summed E-state index contributed by atoms with van der Waals surface area (Å²) >= 11 is 3.55. The van der Waals surface area contributed by atoms with E-state index in [0.29, 0.717) is 11.9 Å². The third-order valence-corrected chi connectivity index (χ3v) is 4.90. The molecule has 0 saturated carbocycles. The van der Waals surface area contributed by atoms with Gasteiger partial charge in [0.1, 0.15) is 5.75 Å². The highest BCUT2D eigenvalue weighted by atomic mass is 79.9. The van der Waals surface area contributed by atoms with E-state index in [9.17, 15) is 13.2 Å². The third-order valence-electron chi connectivity index (χ3n) is 4.05. The fourth-order valence-electron chi connectivity index (χ4n) is 2.81. The summed E-state index contributed by atoms with van der Waals surface area (Å²) in [6.07, 6.45) is -0.864. The van der Waals surface area contributed by atoms with Gasteiger partial charge in [-0.05, 0) is 29.3 Å². The smallest absolute Gasteiger partial charge is 0.406 e. The summed E-state index contributed by atoms with van der Waals surface area (Å²) < 4.78 is 40.9. The summed E-state index contributed by atoms with van der Waals surface area (Å²) in [5, 5.41) is 2.62. The highest BCUT2D eigenvalue weighted by Crippen LogP contribution is 2.36. The number of benzene rings is 2. The molecule has 25 heavy (non-hydrogen) atoms. The predicted molar refractivity (Wildman–Crippen MR) is 92.9 cm³/mol. The van der Waals surface area contributed by atoms with Crippen molar-refractivity contribution in [1.82, 2.24) is 10.4 Å². The number of hydrogen-bond donors (Lipinski definition) is 1. The number of hydrazine groups is 1. The van der Waals surface area contributed by atoms with Crippen molar-refractivity contribution in [2.45, 2.75) is 18.4 Å². The lowest BCUT2D eigenvalue weighted by Gasteiger charge is -2.36. The molecule has 0 saturated heterocycles. The van der Waals surface area contributed by atoms with Crippen LogP contribution in [-0.4, -0.2) is 16.7 Å². The van der Waals surface area contributed by atoms with E-state index in [-0.39, 0.29) is 5.75 Å². The number of hydrogen-bond acceptors (Lipinski definition) is 3. The molecule has 0 aromatic heterocycles. The van der Waals surface area contributed by atoms with Crippen LogP contribution in [0.1, 0.15) is 11.1 Å². The monoisotopic (exact) mass is 412 g/mol. The van der Waals surface area contributed by atoms with Gasteiger partial charge in [-0.25, -0.2) is 5.01 Å². The van der Waals surface area contributed by atoms with E-state index in [2.05, 4.69) is 26.1 Å². The summed E-state index contributed by atoms with van der Waals surface area (Å²) in [7, 11) is 0.